The number of nitrogens with zero attached hydrogens (tertiary/aromatic N) is 1. The van der Waals surface area contributed by atoms with E-state index in [1.54, 1.807) is 13.0 Å². The summed E-state index contributed by atoms with van der Waals surface area (Å²) in [5.41, 5.74) is 6.86. The Morgan fingerprint density at radius 1 is 1.33 bits per heavy atom. The van der Waals surface area contributed by atoms with Crippen LogP contribution in [0, 0.1) is 0 Å². The minimum atomic E-state index is -0.579. The van der Waals surface area contributed by atoms with Crippen molar-refractivity contribution >= 4 is 11.8 Å². The van der Waals surface area contributed by atoms with Gasteiger partial charge in [0.2, 0.25) is 11.8 Å². The van der Waals surface area contributed by atoms with Crippen LogP contribution in [0.1, 0.15) is 31.7 Å². The topological polar surface area (TPSA) is 87.5 Å². The van der Waals surface area contributed by atoms with Crippen molar-refractivity contribution in [3.8, 4) is 0 Å². The quantitative estimate of drug-likeness (QED) is 0.599. The number of hydrogen-bond acceptors (Lipinski definition) is 4. The van der Waals surface area contributed by atoms with Gasteiger partial charge in [-0.25, -0.2) is 0 Å². The number of amides is 2. The third-order valence-electron chi connectivity index (χ3n) is 4.78. The van der Waals surface area contributed by atoms with Gasteiger partial charge in [-0.3, -0.25) is 9.59 Å². The molecule has 1 aromatic carbocycles. The molecule has 0 saturated carbocycles. The van der Waals surface area contributed by atoms with E-state index in [1.807, 2.05) is 18.2 Å². The van der Waals surface area contributed by atoms with E-state index < -0.39 is 6.04 Å². The third kappa shape index (κ3) is 7.93. The molecular formula is C21H32N4O2. The van der Waals surface area contributed by atoms with E-state index in [4.69, 9.17) is 5.73 Å². The highest BCUT2D eigenvalue weighted by atomic mass is 16.2. The standard InChI is InChI=1S/C21H32N4O2/c1-16(22)21(27)24-18(11-10-17-7-4-3-5-8-17)12-13-20(26)23-19-9-6-14-25(2)15-19/h3-5,7-8,12-13,16,18-19H,6,9-11,14-15,22H2,1-2H3,(H,23,26)(H,24,27)/t16-,18-,19?/m0/s1. The highest BCUT2D eigenvalue weighted by molar-refractivity contribution is 5.88. The maximum Gasteiger partial charge on any atom is 0.243 e. The van der Waals surface area contributed by atoms with E-state index in [0.717, 1.165) is 32.4 Å². The summed E-state index contributed by atoms with van der Waals surface area (Å²) >= 11 is 0. The summed E-state index contributed by atoms with van der Waals surface area (Å²) in [5.74, 6) is -0.331. The zero-order valence-corrected chi connectivity index (χ0v) is 16.4. The van der Waals surface area contributed by atoms with Crippen LogP contribution in [0.25, 0.3) is 0 Å². The van der Waals surface area contributed by atoms with Crippen LogP contribution in [0.2, 0.25) is 0 Å². The number of piperidine rings is 1. The molecule has 0 aliphatic carbocycles. The van der Waals surface area contributed by atoms with Gasteiger partial charge >= 0.3 is 0 Å². The highest BCUT2D eigenvalue weighted by Gasteiger charge is 2.18. The molecule has 1 aliphatic rings. The van der Waals surface area contributed by atoms with Crippen LogP contribution in [0.4, 0.5) is 0 Å². The van der Waals surface area contributed by atoms with E-state index in [0.29, 0.717) is 6.42 Å². The number of nitrogens with one attached hydrogen (secondary N) is 2. The lowest BCUT2D eigenvalue weighted by Gasteiger charge is -2.29. The number of benzene rings is 1. The van der Waals surface area contributed by atoms with E-state index in [1.165, 1.54) is 11.6 Å². The molecule has 148 valence electrons. The molecule has 1 aromatic rings. The molecule has 0 aromatic heterocycles. The molecular weight excluding hydrogens is 340 g/mol. The summed E-state index contributed by atoms with van der Waals surface area (Å²) in [6.45, 7) is 3.60. The van der Waals surface area contributed by atoms with Gasteiger partial charge in [0.15, 0.2) is 0 Å². The Labute approximate surface area is 162 Å². The molecule has 1 fully saturated rings. The second kappa shape index (κ2) is 10.8. The number of aryl methyl sites for hydroxylation is 1. The molecule has 1 aliphatic heterocycles. The van der Waals surface area contributed by atoms with Crippen LogP contribution >= 0.6 is 0 Å². The van der Waals surface area contributed by atoms with Crippen molar-refractivity contribution in [2.24, 2.45) is 5.73 Å². The lowest BCUT2D eigenvalue weighted by atomic mass is 10.0. The lowest BCUT2D eigenvalue weighted by Crippen LogP contribution is -2.46. The van der Waals surface area contributed by atoms with Gasteiger partial charge in [0, 0.05) is 24.7 Å². The summed E-state index contributed by atoms with van der Waals surface area (Å²) in [5, 5.41) is 5.96. The van der Waals surface area contributed by atoms with Gasteiger partial charge in [-0.05, 0) is 51.8 Å². The average molecular weight is 373 g/mol. The molecule has 0 bridgehead atoms. The Morgan fingerprint density at radius 2 is 2.07 bits per heavy atom. The Kier molecular flexibility index (Phi) is 8.48. The zero-order valence-electron chi connectivity index (χ0n) is 16.4. The molecule has 6 heteroatoms. The first kappa shape index (κ1) is 21.1. The number of carbonyl (C=O) groups is 2. The van der Waals surface area contributed by atoms with Crippen molar-refractivity contribution in [3.05, 3.63) is 48.0 Å². The monoisotopic (exact) mass is 372 g/mol. The van der Waals surface area contributed by atoms with Gasteiger partial charge < -0.3 is 21.3 Å². The predicted molar refractivity (Wildman–Crippen MR) is 108 cm³/mol. The van der Waals surface area contributed by atoms with Gasteiger partial charge in [0.25, 0.3) is 0 Å². The van der Waals surface area contributed by atoms with Crippen molar-refractivity contribution in [2.75, 3.05) is 20.1 Å². The Balaban J connectivity index is 1.91. The summed E-state index contributed by atoms with van der Waals surface area (Å²) < 4.78 is 0. The van der Waals surface area contributed by atoms with Gasteiger partial charge in [0.1, 0.15) is 0 Å². The van der Waals surface area contributed by atoms with Crippen LogP contribution in [0.15, 0.2) is 42.5 Å². The maximum absolute atomic E-state index is 12.3. The van der Waals surface area contributed by atoms with E-state index in [-0.39, 0.29) is 23.9 Å². The molecule has 27 heavy (non-hydrogen) atoms. The minimum absolute atomic E-state index is 0.116. The summed E-state index contributed by atoms with van der Waals surface area (Å²) in [4.78, 5) is 26.5. The van der Waals surface area contributed by atoms with Gasteiger partial charge in [-0.1, -0.05) is 36.4 Å². The van der Waals surface area contributed by atoms with E-state index >= 15 is 0 Å². The molecule has 1 unspecified atom stereocenters. The first-order valence-electron chi connectivity index (χ1n) is 9.71. The van der Waals surface area contributed by atoms with Crippen molar-refractivity contribution < 1.29 is 9.59 Å². The van der Waals surface area contributed by atoms with Crippen LogP contribution in [0.3, 0.4) is 0 Å². The van der Waals surface area contributed by atoms with Crippen LogP contribution < -0.4 is 16.4 Å². The number of rotatable bonds is 8. The minimum Gasteiger partial charge on any atom is -0.349 e. The predicted octanol–water partition coefficient (Wildman–Crippen LogP) is 1.22. The Morgan fingerprint density at radius 3 is 2.74 bits per heavy atom. The summed E-state index contributed by atoms with van der Waals surface area (Å²) in [7, 11) is 2.07. The van der Waals surface area contributed by atoms with Crippen LogP contribution in [-0.2, 0) is 16.0 Å². The molecule has 6 nitrogen and oxygen atoms in total. The number of likely N-dealkylation sites (tertiary alicyclic amines) is 1. The normalized spacial score (nSPS) is 20.2. The largest absolute Gasteiger partial charge is 0.349 e. The molecule has 3 atom stereocenters. The smallest absolute Gasteiger partial charge is 0.243 e. The maximum atomic E-state index is 12.3. The zero-order chi connectivity index (χ0) is 19.6. The van der Waals surface area contributed by atoms with E-state index in [2.05, 4.69) is 34.7 Å². The fraction of sp³-hybridized carbons (Fsp3) is 0.524. The fourth-order valence-electron chi connectivity index (χ4n) is 3.23. The molecule has 1 heterocycles. The average Bonchev–Trinajstić information content (AvgIpc) is 2.64. The molecule has 1 saturated heterocycles. The number of nitrogens with two attached hydrogens (primary N) is 1. The number of hydrogen-bond donors (Lipinski definition) is 3. The second-order valence-corrected chi connectivity index (χ2v) is 7.40. The first-order valence-corrected chi connectivity index (χ1v) is 9.71. The summed E-state index contributed by atoms with van der Waals surface area (Å²) in [6.07, 6.45) is 6.91. The SMILES string of the molecule is C[C@H](N)C(=O)N[C@H](C=CC(=O)NC1CCCN(C)C1)CCc1ccccc1. The number of likely N-dealkylation sites (N-methyl/N-ethyl adjacent to an activating group) is 1. The second-order valence-electron chi connectivity index (χ2n) is 7.40. The van der Waals surface area contributed by atoms with Crippen molar-refractivity contribution in [1.29, 1.82) is 0 Å². The van der Waals surface area contributed by atoms with Crippen LogP contribution in [-0.4, -0.2) is 55.0 Å². The van der Waals surface area contributed by atoms with Gasteiger partial charge in [-0.15, -0.1) is 0 Å². The lowest BCUT2D eigenvalue weighted by molar-refractivity contribution is -0.122. The third-order valence-corrected chi connectivity index (χ3v) is 4.78. The summed E-state index contributed by atoms with van der Waals surface area (Å²) in [6, 6.07) is 9.45. The molecule has 4 N–H and O–H groups in total. The first-order chi connectivity index (χ1) is 12.9. The Hall–Kier alpha value is -2.18. The number of carbonyl (C=O) groups excluding carboxylic acids is 2. The highest BCUT2D eigenvalue weighted by Crippen LogP contribution is 2.09. The van der Waals surface area contributed by atoms with Crippen LogP contribution in [0.5, 0.6) is 0 Å². The molecule has 2 amide bonds. The molecule has 2 rings (SSSR count). The van der Waals surface area contributed by atoms with Crippen molar-refractivity contribution in [3.63, 3.8) is 0 Å². The van der Waals surface area contributed by atoms with Gasteiger partial charge in [0.05, 0.1) is 6.04 Å². The van der Waals surface area contributed by atoms with Crippen molar-refractivity contribution in [2.45, 2.75) is 50.7 Å². The Bertz CT molecular complexity index is 630. The molecule has 0 radical (unpaired) electrons. The van der Waals surface area contributed by atoms with Gasteiger partial charge in [-0.2, -0.15) is 0 Å². The van der Waals surface area contributed by atoms with E-state index in [9.17, 15) is 9.59 Å². The molecule has 0 spiro atoms. The fourth-order valence-corrected chi connectivity index (χ4v) is 3.23. The van der Waals surface area contributed by atoms with Crippen molar-refractivity contribution in [1.82, 2.24) is 15.5 Å².